The molecule has 1 amide bonds. The van der Waals surface area contributed by atoms with Crippen LogP contribution in [0.3, 0.4) is 0 Å². The number of halogens is 2. The van der Waals surface area contributed by atoms with E-state index in [1.54, 1.807) is 12.1 Å². The molecule has 4 nitrogen and oxygen atoms in total. The Morgan fingerprint density at radius 3 is 2.50 bits per heavy atom. The minimum Gasteiger partial charge on any atom is -0.490 e. The maximum Gasteiger partial charge on any atom is 0.259 e. The van der Waals surface area contributed by atoms with Crippen molar-refractivity contribution in [3.8, 4) is 11.5 Å². The lowest BCUT2D eigenvalue weighted by atomic mass is 10.0. The summed E-state index contributed by atoms with van der Waals surface area (Å²) in [4.78, 5) is 15.2. The first-order valence-electron chi connectivity index (χ1n) is 11.3. The van der Waals surface area contributed by atoms with E-state index in [2.05, 4.69) is 29.8 Å². The fourth-order valence-corrected chi connectivity index (χ4v) is 4.54. The quantitative estimate of drug-likeness (QED) is 0.295. The van der Waals surface area contributed by atoms with Crippen LogP contribution >= 0.6 is 15.9 Å². The van der Waals surface area contributed by atoms with Crippen molar-refractivity contribution >= 4 is 39.2 Å². The summed E-state index contributed by atoms with van der Waals surface area (Å²) in [7, 11) is 0. The molecule has 0 bridgehead atoms. The molecule has 3 aromatic rings. The molecule has 0 saturated heterocycles. The molecular weight excluding hydrogens is 497 g/mol. The van der Waals surface area contributed by atoms with Crippen molar-refractivity contribution in [1.82, 2.24) is 0 Å². The minimum atomic E-state index is -0.285. The summed E-state index contributed by atoms with van der Waals surface area (Å²) in [5, 5.41) is 0. The number of amides is 1. The molecule has 3 aromatic carbocycles. The minimum absolute atomic E-state index is 0.000573. The number of fused-ring (bicyclic) bond motifs is 1. The monoisotopic (exact) mass is 523 g/mol. The van der Waals surface area contributed by atoms with Crippen LogP contribution < -0.4 is 14.4 Å². The van der Waals surface area contributed by atoms with Crippen molar-refractivity contribution in [1.29, 1.82) is 0 Å². The van der Waals surface area contributed by atoms with Crippen molar-refractivity contribution in [2.75, 3.05) is 18.1 Å². The molecule has 6 heteroatoms. The van der Waals surface area contributed by atoms with Crippen LogP contribution in [0.25, 0.3) is 11.6 Å². The van der Waals surface area contributed by atoms with Crippen LogP contribution in [0.1, 0.15) is 37.5 Å². The van der Waals surface area contributed by atoms with E-state index in [1.165, 1.54) is 12.1 Å². The van der Waals surface area contributed by atoms with Gasteiger partial charge >= 0.3 is 0 Å². The van der Waals surface area contributed by atoms with Crippen molar-refractivity contribution in [2.45, 2.75) is 27.4 Å². The Hall–Kier alpha value is -3.12. The van der Waals surface area contributed by atoms with Crippen LogP contribution in [-0.2, 0) is 11.4 Å². The predicted octanol–water partition coefficient (Wildman–Crippen LogP) is 7.11. The highest BCUT2D eigenvalue weighted by atomic mass is 79.9. The molecular formula is C28H27BrFNO3. The predicted molar refractivity (Wildman–Crippen MR) is 138 cm³/mol. The summed E-state index contributed by atoms with van der Waals surface area (Å²) in [5.74, 6) is 1.21. The zero-order valence-corrected chi connectivity index (χ0v) is 21.1. The Morgan fingerprint density at radius 1 is 1.06 bits per heavy atom. The summed E-state index contributed by atoms with van der Waals surface area (Å²) in [6, 6.07) is 17.9. The van der Waals surface area contributed by atoms with Gasteiger partial charge in [-0.3, -0.25) is 4.79 Å². The van der Waals surface area contributed by atoms with E-state index in [-0.39, 0.29) is 18.3 Å². The second-order valence-electron chi connectivity index (χ2n) is 8.56. The zero-order valence-electron chi connectivity index (χ0n) is 19.5. The molecule has 1 heterocycles. The average molecular weight is 524 g/mol. The number of anilines is 1. The highest BCUT2D eigenvalue weighted by Crippen LogP contribution is 2.41. The van der Waals surface area contributed by atoms with E-state index >= 15 is 0 Å². The molecule has 0 saturated carbocycles. The smallest absolute Gasteiger partial charge is 0.259 e. The van der Waals surface area contributed by atoms with Crippen molar-refractivity contribution < 1.29 is 18.7 Å². The highest BCUT2D eigenvalue weighted by molar-refractivity contribution is 9.10. The van der Waals surface area contributed by atoms with E-state index in [9.17, 15) is 9.18 Å². The lowest BCUT2D eigenvalue weighted by Crippen LogP contribution is -2.30. The van der Waals surface area contributed by atoms with E-state index in [0.717, 1.165) is 22.4 Å². The Labute approximate surface area is 208 Å². The Morgan fingerprint density at radius 2 is 1.79 bits per heavy atom. The molecule has 1 aliphatic rings. The van der Waals surface area contributed by atoms with Gasteiger partial charge in [-0.05, 0) is 76.3 Å². The number of rotatable bonds is 8. The molecule has 0 N–H and O–H groups in total. The van der Waals surface area contributed by atoms with Gasteiger partial charge in [0.15, 0.2) is 11.5 Å². The third kappa shape index (κ3) is 5.17. The molecule has 0 atom stereocenters. The lowest BCUT2D eigenvalue weighted by Gasteiger charge is -2.19. The van der Waals surface area contributed by atoms with E-state index in [1.807, 2.05) is 54.3 Å². The first-order valence-corrected chi connectivity index (χ1v) is 12.1. The maximum atomic E-state index is 13.3. The third-order valence-electron chi connectivity index (χ3n) is 5.45. The van der Waals surface area contributed by atoms with E-state index in [0.29, 0.717) is 40.6 Å². The van der Waals surface area contributed by atoms with Crippen LogP contribution in [-0.4, -0.2) is 19.1 Å². The Balaban J connectivity index is 1.67. The van der Waals surface area contributed by atoms with Gasteiger partial charge < -0.3 is 14.4 Å². The van der Waals surface area contributed by atoms with Crippen molar-refractivity contribution in [3.63, 3.8) is 0 Å². The van der Waals surface area contributed by atoms with Gasteiger partial charge in [0.25, 0.3) is 5.91 Å². The number of carbonyl (C=O) groups excluding carboxylic acids is 1. The molecule has 34 heavy (non-hydrogen) atoms. The first-order chi connectivity index (χ1) is 16.4. The lowest BCUT2D eigenvalue weighted by molar-refractivity contribution is -0.113. The fourth-order valence-electron chi connectivity index (χ4n) is 3.97. The molecule has 0 unspecified atom stereocenters. The number of benzene rings is 3. The number of carbonyl (C=O) groups is 1. The molecule has 176 valence electrons. The number of nitrogens with zero attached hydrogens (tertiary/aromatic N) is 1. The van der Waals surface area contributed by atoms with Crippen LogP contribution in [0, 0.1) is 11.7 Å². The maximum absolute atomic E-state index is 13.3. The summed E-state index contributed by atoms with van der Waals surface area (Å²) in [6.07, 6.45) is 1.90. The van der Waals surface area contributed by atoms with E-state index in [4.69, 9.17) is 9.47 Å². The van der Waals surface area contributed by atoms with Crippen molar-refractivity contribution in [3.05, 3.63) is 87.6 Å². The van der Waals surface area contributed by atoms with Gasteiger partial charge in [0.2, 0.25) is 0 Å². The molecule has 0 radical (unpaired) electrons. The molecule has 0 aromatic heterocycles. The number of hydrogen-bond donors (Lipinski definition) is 0. The van der Waals surface area contributed by atoms with Gasteiger partial charge in [-0.25, -0.2) is 4.39 Å². The summed E-state index contributed by atoms with van der Waals surface area (Å²) in [6.45, 7) is 7.51. The fraction of sp³-hybridized carbons (Fsp3) is 0.250. The molecule has 0 aliphatic carbocycles. The van der Waals surface area contributed by atoms with Gasteiger partial charge in [0.1, 0.15) is 12.4 Å². The first kappa shape index (κ1) is 24.0. The Bertz CT molecular complexity index is 1220. The molecule has 4 rings (SSSR count). The number of hydrogen-bond acceptors (Lipinski definition) is 3. The molecule has 0 spiro atoms. The van der Waals surface area contributed by atoms with E-state index < -0.39 is 0 Å². The van der Waals surface area contributed by atoms with Crippen LogP contribution in [0.5, 0.6) is 11.5 Å². The highest BCUT2D eigenvalue weighted by Gasteiger charge is 2.32. The summed E-state index contributed by atoms with van der Waals surface area (Å²) >= 11 is 3.60. The third-order valence-corrected chi connectivity index (χ3v) is 6.04. The number of para-hydroxylation sites is 1. The topological polar surface area (TPSA) is 38.8 Å². The van der Waals surface area contributed by atoms with Crippen molar-refractivity contribution in [2.24, 2.45) is 5.92 Å². The second-order valence-corrected chi connectivity index (χ2v) is 9.42. The van der Waals surface area contributed by atoms with Crippen LogP contribution in [0.15, 0.2) is 65.1 Å². The van der Waals surface area contributed by atoms with Gasteiger partial charge in [-0.15, -0.1) is 0 Å². The molecule has 0 fully saturated rings. The van der Waals surface area contributed by atoms with Gasteiger partial charge in [0.05, 0.1) is 16.8 Å². The molecule has 1 aliphatic heterocycles. The average Bonchev–Trinajstić information content (AvgIpc) is 3.05. The van der Waals surface area contributed by atoms with Crippen LogP contribution in [0.2, 0.25) is 0 Å². The van der Waals surface area contributed by atoms with Crippen LogP contribution in [0.4, 0.5) is 10.1 Å². The standard InChI is InChI=1S/C28H27BrFNO3/c1-4-33-26-15-20(14-24(29)27(26)34-17-19-9-11-21(30)12-10-19)13-23-22-7-5-6-8-25(22)31(28(23)32)16-18(2)3/h5-15,18H,4,16-17H2,1-3H3/b23-13-. The normalized spacial score (nSPS) is 14.1. The summed E-state index contributed by atoms with van der Waals surface area (Å²) in [5.41, 5.74) is 4.20. The second kappa shape index (κ2) is 10.4. The zero-order chi connectivity index (χ0) is 24.2. The SMILES string of the molecule is CCOc1cc(/C=C2\C(=O)N(CC(C)C)c3ccccc32)cc(Br)c1OCc1ccc(F)cc1. The van der Waals surface area contributed by atoms with Gasteiger partial charge in [0, 0.05) is 17.7 Å². The number of ether oxygens (including phenoxy) is 2. The van der Waals surface area contributed by atoms with Gasteiger partial charge in [-0.2, -0.15) is 0 Å². The van der Waals surface area contributed by atoms with Gasteiger partial charge in [-0.1, -0.05) is 44.2 Å². The Kier molecular flexibility index (Phi) is 7.37. The largest absolute Gasteiger partial charge is 0.490 e. The summed E-state index contributed by atoms with van der Waals surface area (Å²) < 4.78 is 25.8.